The Morgan fingerprint density at radius 2 is 2.14 bits per heavy atom. The Morgan fingerprint density at radius 3 is 2.73 bits per heavy atom. The number of furan rings is 1. The quantitative estimate of drug-likeness (QED) is 0.630. The highest BCUT2D eigenvalue weighted by Crippen LogP contribution is 2.19. The first-order chi connectivity index (χ1) is 10.5. The molecule has 0 bridgehead atoms. The first-order valence-electron chi connectivity index (χ1n) is 6.74. The van der Waals surface area contributed by atoms with Crippen molar-refractivity contribution in [1.29, 1.82) is 0 Å². The zero-order valence-corrected chi connectivity index (χ0v) is 12.4. The van der Waals surface area contributed by atoms with Crippen molar-refractivity contribution in [2.75, 3.05) is 13.7 Å². The van der Waals surface area contributed by atoms with E-state index in [0.717, 1.165) is 5.56 Å². The van der Waals surface area contributed by atoms with E-state index in [-0.39, 0.29) is 12.5 Å². The lowest BCUT2D eigenvalue weighted by Crippen LogP contribution is -2.38. The lowest BCUT2D eigenvalue weighted by Gasteiger charge is -2.21. The number of nitrogens with zero attached hydrogens (tertiary/aromatic N) is 1. The molecule has 2 aromatic rings. The summed E-state index contributed by atoms with van der Waals surface area (Å²) in [5, 5.41) is 16.6. The number of carbonyl (C=O) groups is 1. The van der Waals surface area contributed by atoms with Crippen molar-refractivity contribution in [3.63, 3.8) is 0 Å². The molecule has 0 fully saturated rings. The number of benzene rings is 1. The second kappa shape index (κ2) is 6.91. The van der Waals surface area contributed by atoms with Crippen LogP contribution in [0.1, 0.15) is 28.6 Å². The van der Waals surface area contributed by atoms with Gasteiger partial charge in [0.25, 0.3) is 5.91 Å². The molecule has 0 aliphatic carbocycles. The third-order valence-corrected chi connectivity index (χ3v) is 3.13. The van der Waals surface area contributed by atoms with Gasteiger partial charge in [0.05, 0.1) is 19.0 Å². The van der Waals surface area contributed by atoms with Crippen LogP contribution in [-0.4, -0.2) is 30.9 Å². The summed E-state index contributed by atoms with van der Waals surface area (Å²) in [6.07, 6.45) is 3.02. The highest BCUT2D eigenvalue weighted by Gasteiger charge is 2.26. The smallest absolute Gasteiger partial charge is 0.251 e. The van der Waals surface area contributed by atoms with E-state index in [9.17, 15) is 9.90 Å². The zero-order chi connectivity index (χ0) is 16.0. The topological polar surface area (TPSA) is 84.1 Å². The molecule has 1 aromatic heterocycles. The van der Waals surface area contributed by atoms with E-state index in [0.29, 0.717) is 11.3 Å². The van der Waals surface area contributed by atoms with Crippen molar-refractivity contribution < 1.29 is 19.2 Å². The minimum Gasteiger partial charge on any atom is -0.466 e. The molecule has 1 atom stereocenters. The first-order valence-corrected chi connectivity index (χ1v) is 6.74. The molecule has 0 saturated heterocycles. The molecule has 0 aliphatic rings. The third-order valence-electron chi connectivity index (χ3n) is 3.13. The minimum absolute atomic E-state index is 0.0478. The van der Waals surface area contributed by atoms with Gasteiger partial charge in [-0.1, -0.05) is 17.3 Å². The van der Waals surface area contributed by atoms with Gasteiger partial charge in [0.15, 0.2) is 0 Å². The number of oxime groups is 1. The van der Waals surface area contributed by atoms with E-state index in [4.69, 9.17) is 4.42 Å². The number of carbonyl (C=O) groups excluding carboxylic acids is 1. The van der Waals surface area contributed by atoms with E-state index in [1.54, 1.807) is 49.5 Å². The summed E-state index contributed by atoms with van der Waals surface area (Å²) < 4.78 is 5.16. The van der Waals surface area contributed by atoms with Gasteiger partial charge in [-0.05, 0) is 36.8 Å². The van der Waals surface area contributed by atoms with Gasteiger partial charge < -0.3 is 19.7 Å². The molecule has 1 heterocycles. The summed E-state index contributed by atoms with van der Waals surface area (Å²) in [5.41, 5.74) is 0.0512. The second-order valence-electron chi connectivity index (χ2n) is 4.97. The number of rotatable bonds is 6. The van der Waals surface area contributed by atoms with Gasteiger partial charge in [0, 0.05) is 5.56 Å². The third kappa shape index (κ3) is 3.95. The zero-order valence-electron chi connectivity index (χ0n) is 12.4. The molecule has 1 unspecified atom stereocenters. The van der Waals surface area contributed by atoms with Crippen LogP contribution in [0, 0.1) is 0 Å². The van der Waals surface area contributed by atoms with E-state index < -0.39 is 5.60 Å². The molecule has 0 radical (unpaired) electrons. The highest BCUT2D eigenvalue weighted by molar-refractivity contribution is 5.95. The van der Waals surface area contributed by atoms with Crippen molar-refractivity contribution in [2.24, 2.45) is 5.16 Å². The van der Waals surface area contributed by atoms with Crippen LogP contribution in [-0.2, 0) is 10.4 Å². The molecule has 0 saturated carbocycles. The molecule has 1 aromatic carbocycles. The Balaban J connectivity index is 1.96. The normalized spacial score (nSPS) is 13.8. The van der Waals surface area contributed by atoms with Gasteiger partial charge in [-0.3, -0.25) is 4.79 Å². The van der Waals surface area contributed by atoms with Crippen LogP contribution in [0.4, 0.5) is 0 Å². The Morgan fingerprint density at radius 1 is 1.41 bits per heavy atom. The monoisotopic (exact) mass is 302 g/mol. The van der Waals surface area contributed by atoms with Crippen LogP contribution in [0.5, 0.6) is 0 Å². The van der Waals surface area contributed by atoms with Crippen LogP contribution in [0.15, 0.2) is 52.2 Å². The molecule has 1 amide bonds. The molecular weight excluding hydrogens is 284 g/mol. The Hall–Kier alpha value is -2.60. The standard InChI is InChI=1S/C16H18N2O4/c1-16(20,14-4-3-9-22-14)11-17-15(19)13-7-5-12(6-8-13)10-18-21-2/h3-10,20H,11H2,1-2H3,(H,17,19). The van der Waals surface area contributed by atoms with Gasteiger partial charge in [-0.2, -0.15) is 0 Å². The predicted octanol–water partition coefficient (Wildman–Crippen LogP) is 1.90. The van der Waals surface area contributed by atoms with Crippen LogP contribution in [0.25, 0.3) is 0 Å². The molecule has 22 heavy (non-hydrogen) atoms. The van der Waals surface area contributed by atoms with Crippen molar-refractivity contribution in [2.45, 2.75) is 12.5 Å². The maximum absolute atomic E-state index is 12.1. The van der Waals surface area contributed by atoms with E-state index in [2.05, 4.69) is 15.3 Å². The number of hydrogen-bond donors (Lipinski definition) is 2. The van der Waals surface area contributed by atoms with Crippen molar-refractivity contribution in [3.05, 3.63) is 59.5 Å². The van der Waals surface area contributed by atoms with Crippen LogP contribution in [0.2, 0.25) is 0 Å². The average molecular weight is 302 g/mol. The lowest BCUT2D eigenvalue weighted by atomic mass is 10.0. The van der Waals surface area contributed by atoms with E-state index in [1.807, 2.05) is 0 Å². The van der Waals surface area contributed by atoms with Crippen molar-refractivity contribution in [3.8, 4) is 0 Å². The number of aliphatic hydroxyl groups is 1. The van der Waals surface area contributed by atoms with Gasteiger partial charge in [-0.25, -0.2) is 0 Å². The summed E-state index contributed by atoms with van der Waals surface area (Å²) in [7, 11) is 1.46. The number of nitrogens with one attached hydrogen (secondary N) is 1. The summed E-state index contributed by atoms with van der Waals surface area (Å²) in [5.74, 6) is 0.126. The molecule has 6 nitrogen and oxygen atoms in total. The Kier molecular flexibility index (Phi) is 4.95. The molecular formula is C16H18N2O4. The Bertz CT molecular complexity index is 631. The molecule has 6 heteroatoms. The second-order valence-corrected chi connectivity index (χ2v) is 4.97. The fourth-order valence-corrected chi connectivity index (χ4v) is 1.86. The fraction of sp³-hybridized carbons (Fsp3) is 0.250. The lowest BCUT2D eigenvalue weighted by molar-refractivity contribution is 0.0330. The van der Waals surface area contributed by atoms with Gasteiger partial charge in [0.1, 0.15) is 18.5 Å². The molecule has 0 aliphatic heterocycles. The minimum atomic E-state index is -1.26. The highest BCUT2D eigenvalue weighted by atomic mass is 16.6. The summed E-state index contributed by atoms with van der Waals surface area (Å²) in [6.45, 7) is 1.63. The summed E-state index contributed by atoms with van der Waals surface area (Å²) in [6, 6.07) is 10.2. The summed E-state index contributed by atoms with van der Waals surface area (Å²) >= 11 is 0. The molecule has 116 valence electrons. The van der Waals surface area contributed by atoms with Crippen molar-refractivity contribution >= 4 is 12.1 Å². The van der Waals surface area contributed by atoms with Gasteiger partial charge >= 0.3 is 0 Å². The van der Waals surface area contributed by atoms with Gasteiger partial charge in [-0.15, -0.1) is 0 Å². The molecule has 0 spiro atoms. The molecule has 2 rings (SSSR count). The van der Waals surface area contributed by atoms with Crippen molar-refractivity contribution in [1.82, 2.24) is 5.32 Å². The molecule has 2 N–H and O–H groups in total. The SMILES string of the molecule is CON=Cc1ccc(C(=O)NCC(C)(O)c2ccco2)cc1. The first kappa shape index (κ1) is 15.8. The summed E-state index contributed by atoms with van der Waals surface area (Å²) in [4.78, 5) is 16.7. The largest absolute Gasteiger partial charge is 0.466 e. The van der Waals surface area contributed by atoms with E-state index in [1.165, 1.54) is 13.4 Å². The maximum Gasteiger partial charge on any atom is 0.251 e. The van der Waals surface area contributed by atoms with E-state index >= 15 is 0 Å². The Labute approximate surface area is 128 Å². The average Bonchev–Trinajstić information content (AvgIpc) is 3.06. The number of hydrogen-bond acceptors (Lipinski definition) is 5. The fourth-order valence-electron chi connectivity index (χ4n) is 1.86. The van der Waals surface area contributed by atoms with Crippen LogP contribution in [0.3, 0.4) is 0 Å². The number of amides is 1. The van der Waals surface area contributed by atoms with Crippen LogP contribution >= 0.6 is 0 Å². The van der Waals surface area contributed by atoms with Crippen LogP contribution < -0.4 is 5.32 Å². The maximum atomic E-state index is 12.1. The van der Waals surface area contributed by atoms with Gasteiger partial charge in [0.2, 0.25) is 0 Å². The predicted molar refractivity (Wildman–Crippen MR) is 81.7 cm³/mol.